The highest BCUT2D eigenvalue weighted by atomic mass is 32.1. The third kappa shape index (κ3) is 3.89. The SMILES string of the molecule is CCN1CCOC(COc2ccccc2C(N)=S)C1. The molecule has 1 heterocycles. The maximum atomic E-state index is 5.81. The van der Waals surface area contributed by atoms with Crippen molar-refractivity contribution in [1.29, 1.82) is 0 Å². The van der Waals surface area contributed by atoms with Gasteiger partial charge < -0.3 is 15.2 Å². The Bertz CT molecular complexity index is 439. The minimum absolute atomic E-state index is 0.105. The van der Waals surface area contributed by atoms with Gasteiger partial charge in [-0.05, 0) is 18.7 Å². The standard InChI is InChI=1S/C14H20N2O2S/c1-2-16-7-8-17-11(9-16)10-18-13-6-4-3-5-12(13)14(15)19/h3-6,11H,2,7-10H2,1H3,(H2,15,19). The van der Waals surface area contributed by atoms with Crippen LogP contribution in [0.4, 0.5) is 0 Å². The predicted octanol–water partition coefficient (Wildman–Crippen LogP) is 1.42. The molecule has 0 saturated carbocycles. The van der Waals surface area contributed by atoms with E-state index in [1.54, 1.807) is 0 Å². The molecule has 1 saturated heterocycles. The van der Waals surface area contributed by atoms with E-state index in [0.717, 1.165) is 37.6 Å². The van der Waals surface area contributed by atoms with E-state index in [-0.39, 0.29) is 6.10 Å². The van der Waals surface area contributed by atoms with Gasteiger partial charge in [-0.15, -0.1) is 0 Å². The summed E-state index contributed by atoms with van der Waals surface area (Å²) in [6.07, 6.45) is 0.105. The van der Waals surface area contributed by atoms with Crippen molar-refractivity contribution in [2.75, 3.05) is 32.8 Å². The summed E-state index contributed by atoms with van der Waals surface area (Å²) in [6, 6.07) is 7.57. The first-order chi connectivity index (χ1) is 9.20. The Balaban J connectivity index is 1.93. The highest BCUT2D eigenvalue weighted by Crippen LogP contribution is 2.18. The maximum Gasteiger partial charge on any atom is 0.129 e. The van der Waals surface area contributed by atoms with Crippen molar-refractivity contribution in [2.24, 2.45) is 5.73 Å². The molecule has 2 rings (SSSR count). The molecule has 0 aromatic heterocycles. The Kier molecular flexibility index (Phi) is 5.13. The van der Waals surface area contributed by atoms with Crippen molar-refractivity contribution in [3.05, 3.63) is 29.8 Å². The number of likely N-dealkylation sites (N-methyl/N-ethyl adjacent to an activating group) is 1. The molecule has 1 unspecified atom stereocenters. The van der Waals surface area contributed by atoms with Crippen LogP contribution < -0.4 is 10.5 Å². The summed E-state index contributed by atoms with van der Waals surface area (Å²) >= 11 is 5.02. The minimum atomic E-state index is 0.105. The molecule has 0 bridgehead atoms. The fourth-order valence-corrected chi connectivity index (χ4v) is 2.32. The average Bonchev–Trinajstić information content (AvgIpc) is 2.45. The number of morpholine rings is 1. The molecule has 5 heteroatoms. The van der Waals surface area contributed by atoms with E-state index in [4.69, 9.17) is 27.4 Å². The van der Waals surface area contributed by atoms with Gasteiger partial charge in [-0.3, -0.25) is 4.90 Å². The van der Waals surface area contributed by atoms with Crippen molar-refractivity contribution in [3.8, 4) is 5.75 Å². The van der Waals surface area contributed by atoms with E-state index in [1.165, 1.54) is 0 Å². The zero-order chi connectivity index (χ0) is 13.7. The number of benzene rings is 1. The van der Waals surface area contributed by atoms with Crippen LogP contribution in [0.2, 0.25) is 0 Å². The summed E-state index contributed by atoms with van der Waals surface area (Å²) in [5, 5.41) is 0. The summed E-state index contributed by atoms with van der Waals surface area (Å²) in [4.78, 5) is 2.71. The van der Waals surface area contributed by atoms with Crippen LogP contribution in [-0.2, 0) is 4.74 Å². The number of ether oxygens (including phenoxy) is 2. The Morgan fingerprint density at radius 1 is 1.53 bits per heavy atom. The van der Waals surface area contributed by atoms with Crippen molar-refractivity contribution < 1.29 is 9.47 Å². The topological polar surface area (TPSA) is 47.7 Å². The third-order valence-electron chi connectivity index (χ3n) is 3.25. The van der Waals surface area contributed by atoms with Gasteiger partial charge in [0.2, 0.25) is 0 Å². The Morgan fingerprint density at radius 2 is 2.32 bits per heavy atom. The zero-order valence-corrected chi connectivity index (χ0v) is 12.0. The first kappa shape index (κ1) is 14.2. The minimum Gasteiger partial charge on any atom is -0.490 e. The third-order valence-corrected chi connectivity index (χ3v) is 3.47. The average molecular weight is 280 g/mol. The first-order valence-electron chi connectivity index (χ1n) is 6.56. The monoisotopic (exact) mass is 280 g/mol. The van der Waals surface area contributed by atoms with Gasteiger partial charge >= 0.3 is 0 Å². The lowest BCUT2D eigenvalue weighted by Crippen LogP contribution is -2.44. The molecule has 0 spiro atoms. The number of thiocarbonyl (C=S) groups is 1. The summed E-state index contributed by atoms with van der Waals surface area (Å²) < 4.78 is 11.5. The molecule has 19 heavy (non-hydrogen) atoms. The number of rotatable bonds is 5. The highest BCUT2D eigenvalue weighted by Gasteiger charge is 2.20. The van der Waals surface area contributed by atoms with Crippen LogP contribution in [0.1, 0.15) is 12.5 Å². The molecule has 1 atom stereocenters. The zero-order valence-electron chi connectivity index (χ0n) is 11.2. The second-order valence-corrected chi connectivity index (χ2v) is 5.00. The molecular weight excluding hydrogens is 260 g/mol. The van der Waals surface area contributed by atoms with Crippen molar-refractivity contribution >= 4 is 17.2 Å². The van der Waals surface area contributed by atoms with Gasteiger partial charge in [0.25, 0.3) is 0 Å². The lowest BCUT2D eigenvalue weighted by atomic mass is 10.2. The first-order valence-corrected chi connectivity index (χ1v) is 6.97. The molecule has 1 fully saturated rings. The van der Waals surface area contributed by atoms with Gasteiger partial charge in [0.15, 0.2) is 0 Å². The van der Waals surface area contributed by atoms with Crippen LogP contribution in [0.5, 0.6) is 5.75 Å². The van der Waals surface area contributed by atoms with E-state index in [2.05, 4.69) is 11.8 Å². The Morgan fingerprint density at radius 3 is 3.05 bits per heavy atom. The predicted molar refractivity (Wildman–Crippen MR) is 79.7 cm³/mol. The largest absolute Gasteiger partial charge is 0.490 e. The smallest absolute Gasteiger partial charge is 0.129 e. The fourth-order valence-electron chi connectivity index (χ4n) is 2.15. The van der Waals surface area contributed by atoms with Crippen molar-refractivity contribution in [2.45, 2.75) is 13.0 Å². The van der Waals surface area contributed by atoms with Gasteiger partial charge in [0, 0.05) is 13.1 Å². The second-order valence-electron chi connectivity index (χ2n) is 4.56. The molecule has 104 valence electrons. The van der Waals surface area contributed by atoms with Crippen LogP contribution in [0.3, 0.4) is 0 Å². The van der Waals surface area contributed by atoms with E-state index in [9.17, 15) is 0 Å². The summed E-state index contributed by atoms with van der Waals surface area (Å²) in [5.41, 5.74) is 6.46. The van der Waals surface area contributed by atoms with Gasteiger partial charge in [0.1, 0.15) is 23.4 Å². The van der Waals surface area contributed by atoms with Gasteiger partial charge in [-0.2, -0.15) is 0 Å². The van der Waals surface area contributed by atoms with Crippen LogP contribution in [0.25, 0.3) is 0 Å². The molecule has 1 aliphatic rings. The molecule has 0 aliphatic carbocycles. The van der Waals surface area contributed by atoms with E-state index in [1.807, 2.05) is 24.3 Å². The highest BCUT2D eigenvalue weighted by molar-refractivity contribution is 7.80. The number of para-hydroxylation sites is 1. The Labute approximate surface area is 119 Å². The van der Waals surface area contributed by atoms with Crippen LogP contribution in [0, 0.1) is 0 Å². The van der Waals surface area contributed by atoms with Crippen LogP contribution in [0.15, 0.2) is 24.3 Å². The maximum absolute atomic E-state index is 5.81. The molecule has 1 aromatic carbocycles. The normalized spacial score (nSPS) is 20.2. The number of hydrogen-bond acceptors (Lipinski definition) is 4. The van der Waals surface area contributed by atoms with E-state index < -0.39 is 0 Å². The molecule has 0 amide bonds. The molecule has 1 aromatic rings. The van der Waals surface area contributed by atoms with E-state index >= 15 is 0 Å². The molecule has 2 N–H and O–H groups in total. The van der Waals surface area contributed by atoms with Gasteiger partial charge in [-0.25, -0.2) is 0 Å². The summed E-state index contributed by atoms with van der Waals surface area (Å²) in [5.74, 6) is 0.729. The molecular formula is C14H20N2O2S. The Hall–Kier alpha value is -1.17. The van der Waals surface area contributed by atoms with Gasteiger partial charge in [-0.1, -0.05) is 31.3 Å². The lowest BCUT2D eigenvalue weighted by molar-refractivity contribution is -0.0464. The molecule has 0 radical (unpaired) electrons. The van der Waals surface area contributed by atoms with E-state index in [0.29, 0.717) is 11.6 Å². The molecule has 4 nitrogen and oxygen atoms in total. The van der Waals surface area contributed by atoms with Crippen molar-refractivity contribution in [3.63, 3.8) is 0 Å². The van der Waals surface area contributed by atoms with Crippen LogP contribution in [-0.4, -0.2) is 48.8 Å². The van der Waals surface area contributed by atoms with Crippen molar-refractivity contribution in [1.82, 2.24) is 4.90 Å². The number of nitrogens with two attached hydrogens (primary N) is 1. The lowest BCUT2D eigenvalue weighted by Gasteiger charge is -2.32. The number of nitrogens with zero attached hydrogens (tertiary/aromatic N) is 1. The number of hydrogen-bond donors (Lipinski definition) is 1. The second kappa shape index (κ2) is 6.84. The molecule has 1 aliphatic heterocycles. The summed E-state index contributed by atoms with van der Waals surface area (Å²) in [7, 11) is 0. The quantitative estimate of drug-likeness (QED) is 0.827. The fraction of sp³-hybridized carbons (Fsp3) is 0.500. The summed E-state index contributed by atoms with van der Waals surface area (Å²) in [6.45, 7) is 6.39. The van der Waals surface area contributed by atoms with Crippen LogP contribution >= 0.6 is 12.2 Å². The van der Waals surface area contributed by atoms with Gasteiger partial charge in [0.05, 0.1) is 12.2 Å².